The molecule has 1 saturated heterocycles. The number of pyridine rings is 1. The van der Waals surface area contributed by atoms with Crippen molar-refractivity contribution in [2.45, 2.75) is 19.8 Å². The minimum absolute atomic E-state index is 0.0518. The number of carbonyl (C=O) groups is 3. The van der Waals surface area contributed by atoms with Gasteiger partial charge in [-0.25, -0.2) is 0 Å². The van der Waals surface area contributed by atoms with Crippen LogP contribution in [0.4, 0.5) is 0 Å². The molecule has 0 unspecified atom stereocenters. The standard InChI is InChI=1S/C21H24ClN3O4/c1-3-29-21(28)14-6-9-25(10-7-14)18(26)13-24(2)20(27)17-12-16(22)11-15-5-4-8-23-19(15)17/h4-5,8,11-12,14H,3,6-7,9-10,13H2,1-2H3. The lowest BCUT2D eigenvalue weighted by Crippen LogP contribution is -2.45. The third-order valence-electron chi connectivity index (χ3n) is 5.09. The van der Waals surface area contributed by atoms with Gasteiger partial charge in [-0.2, -0.15) is 0 Å². The molecule has 0 N–H and O–H groups in total. The molecule has 154 valence electrons. The zero-order chi connectivity index (χ0) is 21.0. The number of likely N-dealkylation sites (tertiary alicyclic amines) is 1. The van der Waals surface area contributed by atoms with Crippen LogP contribution in [-0.4, -0.2) is 65.9 Å². The van der Waals surface area contributed by atoms with Gasteiger partial charge < -0.3 is 14.5 Å². The first-order valence-electron chi connectivity index (χ1n) is 9.64. The highest BCUT2D eigenvalue weighted by atomic mass is 35.5. The summed E-state index contributed by atoms with van der Waals surface area (Å²) < 4.78 is 5.05. The number of nitrogens with zero attached hydrogens (tertiary/aromatic N) is 3. The zero-order valence-electron chi connectivity index (χ0n) is 16.6. The van der Waals surface area contributed by atoms with Crippen LogP contribution in [0.25, 0.3) is 10.9 Å². The molecule has 0 bridgehead atoms. The molecule has 1 aliphatic rings. The fraction of sp³-hybridized carbons (Fsp3) is 0.429. The molecule has 2 aromatic rings. The van der Waals surface area contributed by atoms with Crippen LogP contribution < -0.4 is 0 Å². The van der Waals surface area contributed by atoms with Gasteiger partial charge in [0.1, 0.15) is 0 Å². The van der Waals surface area contributed by atoms with Crippen molar-refractivity contribution in [3.63, 3.8) is 0 Å². The Hall–Kier alpha value is -2.67. The summed E-state index contributed by atoms with van der Waals surface area (Å²) in [5.74, 6) is -0.831. The first kappa shape index (κ1) is 21.0. The minimum Gasteiger partial charge on any atom is -0.466 e. The van der Waals surface area contributed by atoms with E-state index in [0.717, 1.165) is 5.39 Å². The molecule has 2 amide bonds. The lowest BCUT2D eigenvalue weighted by atomic mass is 9.97. The molecule has 2 heterocycles. The Morgan fingerprint density at radius 1 is 1.28 bits per heavy atom. The van der Waals surface area contributed by atoms with Crippen LogP contribution in [0.3, 0.4) is 0 Å². The SMILES string of the molecule is CCOC(=O)C1CCN(C(=O)CN(C)C(=O)c2cc(Cl)cc3cccnc23)CC1. The molecule has 1 fully saturated rings. The number of benzene rings is 1. The highest BCUT2D eigenvalue weighted by Crippen LogP contribution is 2.24. The van der Waals surface area contributed by atoms with Crippen LogP contribution in [-0.2, 0) is 14.3 Å². The van der Waals surface area contributed by atoms with E-state index in [4.69, 9.17) is 16.3 Å². The summed E-state index contributed by atoms with van der Waals surface area (Å²) in [6, 6.07) is 6.94. The Kier molecular flexibility index (Phi) is 6.69. The van der Waals surface area contributed by atoms with E-state index in [0.29, 0.717) is 48.6 Å². The van der Waals surface area contributed by atoms with Crippen LogP contribution in [0.2, 0.25) is 5.02 Å². The van der Waals surface area contributed by atoms with Gasteiger partial charge in [0.2, 0.25) is 5.91 Å². The number of amides is 2. The summed E-state index contributed by atoms with van der Waals surface area (Å²) in [6.07, 6.45) is 2.77. The molecule has 0 aliphatic carbocycles. The lowest BCUT2D eigenvalue weighted by molar-refractivity contribution is -0.151. The summed E-state index contributed by atoms with van der Waals surface area (Å²) in [4.78, 5) is 44.8. The topological polar surface area (TPSA) is 79.8 Å². The van der Waals surface area contributed by atoms with Crippen LogP contribution in [0, 0.1) is 5.92 Å². The maximum absolute atomic E-state index is 12.9. The molecule has 0 spiro atoms. The highest BCUT2D eigenvalue weighted by Gasteiger charge is 2.29. The van der Waals surface area contributed by atoms with Crippen LogP contribution in [0.15, 0.2) is 30.5 Å². The molecule has 1 aliphatic heterocycles. The van der Waals surface area contributed by atoms with Crippen molar-refractivity contribution in [3.05, 3.63) is 41.0 Å². The van der Waals surface area contributed by atoms with Gasteiger partial charge in [-0.3, -0.25) is 19.4 Å². The minimum atomic E-state index is -0.314. The van der Waals surface area contributed by atoms with Crippen molar-refractivity contribution in [3.8, 4) is 0 Å². The van der Waals surface area contributed by atoms with Gasteiger partial charge in [0.25, 0.3) is 5.91 Å². The van der Waals surface area contributed by atoms with Gasteiger partial charge in [0, 0.05) is 36.7 Å². The average Bonchev–Trinajstić information content (AvgIpc) is 2.72. The van der Waals surface area contributed by atoms with Gasteiger partial charge in [-0.15, -0.1) is 0 Å². The second kappa shape index (κ2) is 9.22. The predicted molar refractivity (Wildman–Crippen MR) is 110 cm³/mol. The number of piperidine rings is 1. The van der Waals surface area contributed by atoms with Crippen molar-refractivity contribution in [2.75, 3.05) is 33.3 Å². The van der Waals surface area contributed by atoms with Crippen molar-refractivity contribution in [1.29, 1.82) is 0 Å². The summed E-state index contributed by atoms with van der Waals surface area (Å²) >= 11 is 6.15. The summed E-state index contributed by atoms with van der Waals surface area (Å²) in [6.45, 7) is 3.04. The Labute approximate surface area is 174 Å². The molecular formula is C21H24ClN3O4. The van der Waals surface area contributed by atoms with Crippen LogP contribution in [0.5, 0.6) is 0 Å². The Morgan fingerprint density at radius 2 is 2.00 bits per heavy atom. The van der Waals surface area contributed by atoms with E-state index in [1.165, 1.54) is 4.90 Å². The monoisotopic (exact) mass is 417 g/mol. The molecule has 1 aromatic heterocycles. The number of hydrogen-bond donors (Lipinski definition) is 0. The lowest BCUT2D eigenvalue weighted by Gasteiger charge is -2.32. The molecule has 1 aromatic carbocycles. The Balaban J connectivity index is 1.64. The van der Waals surface area contributed by atoms with Gasteiger partial charge in [0.05, 0.1) is 30.1 Å². The van der Waals surface area contributed by atoms with E-state index in [1.54, 1.807) is 43.3 Å². The van der Waals surface area contributed by atoms with Gasteiger partial charge in [0.15, 0.2) is 0 Å². The molecule has 0 saturated carbocycles. The fourth-order valence-electron chi connectivity index (χ4n) is 3.52. The molecule has 8 heteroatoms. The van der Waals surface area contributed by atoms with Crippen molar-refractivity contribution >= 4 is 40.3 Å². The Bertz CT molecular complexity index is 925. The number of likely N-dealkylation sites (N-methyl/N-ethyl adjacent to an activating group) is 1. The average molecular weight is 418 g/mol. The van der Waals surface area contributed by atoms with E-state index in [-0.39, 0.29) is 30.2 Å². The summed E-state index contributed by atoms with van der Waals surface area (Å²) in [7, 11) is 1.58. The predicted octanol–water partition coefficient (Wildman–Crippen LogP) is 2.76. The number of rotatable bonds is 5. The normalized spacial score (nSPS) is 14.7. The number of fused-ring (bicyclic) bond motifs is 1. The van der Waals surface area contributed by atoms with E-state index in [1.807, 2.05) is 6.07 Å². The van der Waals surface area contributed by atoms with E-state index >= 15 is 0 Å². The smallest absolute Gasteiger partial charge is 0.309 e. The number of hydrogen-bond acceptors (Lipinski definition) is 5. The first-order valence-corrected chi connectivity index (χ1v) is 10.0. The highest BCUT2D eigenvalue weighted by molar-refractivity contribution is 6.32. The summed E-state index contributed by atoms with van der Waals surface area (Å²) in [5.41, 5.74) is 0.917. The quantitative estimate of drug-likeness (QED) is 0.699. The van der Waals surface area contributed by atoms with E-state index < -0.39 is 0 Å². The van der Waals surface area contributed by atoms with Gasteiger partial charge in [-0.05, 0) is 38.0 Å². The molecular weight excluding hydrogens is 394 g/mol. The van der Waals surface area contributed by atoms with Crippen LogP contribution in [0.1, 0.15) is 30.1 Å². The number of ether oxygens (including phenoxy) is 1. The first-order chi connectivity index (χ1) is 13.9. The number of carbonyl (C=O) groups excluding carboxylic acids is 3. The molecule has 29 heavy (non-hydrogen) atoms. The largest absolute Gasteiger partial charge is 0.466 e. The zero-order valence-corrected chi connectivity index (χ0v) is 17.3. The molecule has 0 atom stereocenters. The third kappa shape index (κ3) is 4.85. The molecule has 3 rings (SSSR count). The maximum atomic E-state index is 12.9. The van der Waals surface area contributed by atoms with Crippen molar-refractivity contribution < 1.29 is 19.1 Å². The van der Waals surface area contributed by atoms with Gasteiger partial charge >= 0.3 is 5.97 Å². The van der Waals surface area contributed by atoms with Crippen molar-refractivity contribution in [1.82, 2.24) is 14.8 Å². The molecule has 0 radical (unpaired) electrons. The second-order valence-electron chi connectivity index (χ2n) is 7.10. The van der Waals surface area contributed by atoms with Crippen LogP contribution >= 0.6 is 11.6 Å². The second-order valence-corrected chi connectivity index (χ2v) is 7.53. The molecule has 7 nitrogen and oxygen atoms in total. The third-order valence-corrected chi connectivity index (χ3v) is 5.31. The summed E-state index contributed by atoms with van der Waals surface area (Å²) in [5, 5.41) is 1.21. The van der Waals surface area contributed by atoms with Gasteiger partial charge in [-0.1, -0.05) is 17.7 Å². The number of esters is 1. The number of aromatic nitrogens is 1. The van der Waals surface area contributed by atoms with Crippen molar-refractivity contribution in [2.24, 2.45) is 5.92 Å². The maximum Gasteiger partial charge on any atom is 0.309 e. The Morgan fingerprint density at radius 3 is 2.69 bits per heavy atom. The fourth-order valence-corrected chi connectivity index (χ4v) is 3.75. The number of halogens is 1. The van der Waals surface area contributed by atoms with E-state index in [2.05, 4.69) is 4.98 Å². The van der Waals surface area contributed by atoms with E-state index in [9.17, 15) is 14.4 Å².